The van der Waals surface area contributed by atoms with Gasteiger partial charge in [0.1, 0.15) is 5.75 Å². The summed E-state index contributed by atoms with van der Waals surface area (Å²) in [5.74, 6) is -0.0114. The minimum absolute atomic E-state index is 0.105. The molecular formula is C21H27NO6. The number of aryl methyl sites for hydroxylation is 1. The highest BCUT2D eigenvalue weighted by Gasteiger charge is 2.26. The SMILES string of the molecule is COC(=O)C[C@@H](c1ccc(OC)c(OCC(C)C)c1)c1c(O)cc(C)[nH]c1=O. The number of ether oxygens (including phenoxy) is 3. The van der Waals surface area contributed by atoms with E-state index in [1.165, 1.54) is 13.2 Å². The third-order valence-corrected chi connectivity index (χ3v) is 4.29. The second-order valence-electron chi connectivity index (χ2n) is 7.03. The zero-order chi connectivity index (χ0) is 20.8. The molecule has 2 N–H and O–H groups in total. The minimum Gasteiger partial charge on any atom is -0.507 e. The molecule has 1 aromatic heterocycles. The molecule has 1 heterocycles. The van der Waals surface area contributed by atoms with Crippen molar-refractivity contribution in [3.8, 4) is 17.2 Å². The predicted octanol–water partition coefficient (Wildman–Crippen LogP) is 3.13. The third-order valence-electron chi connectivity index (χ3n) is 4.29. The fourth-order valence-corrected chi connectivity index (χ4v) is 2.93. The van der Waals surface area contributed by atoms with Gasteiger partial charge in [-0.15, -0.1) is 0 Å². The number of rotatable bonds is 8. The quantitative estimate of drug-likeness (QED) is 0.673. The lowest BCUT2D eigenvalue weighted by Crippen LogP contribution is -2.21. The molecule has 152 valence electrons. The highest BCUT2D eigenvalue weighted by atomic mass is 16.5. The monoisotopic (exact) mass is 389 g/mol. The Morgan fingerprint density at radius 2 is 1.89 bits per heavy atom. The number of benzene rings is 1. The van der Waals surface area contributed by atoms with Gasteiger partial charge in [-0.25, -0.2) is 0 Å². The summed E-state index contributed by atoms with van der Waals surface area (Å²) in [6.07, 6.45) is -0.105. The van der Waals surface area contributed by atoms with Crippen molar-refractivity contribution in [1.82, 2.24) is 4.98 Å². The van der Waals surface area contributed by atoms with Crippen molar-refractivity contribution in [2.24, 2.45) is 5.92 Å². The normalized spacial score (nSPS) is 11.9. The highest BCUT2D eigenvalue weighted by Crippen LogP contribution is 2.37. The standard InChI is InChI=1S/C21H27NO6/c1-12(2)11-28-18-9-14(6-7-17(18)26-4)15(10-19(24)27-5)20-16(23)8-13(3)22-21(20)25/h6-9,12,15H,10-11H2,1-5H3,(H2,22,23,25)/t15-/m0/s1. The molecule has 0 fully saturated rings. The fourth-order valence-electron chi connectivity index (χ4n) is 2.93. The molecule has 0 aliphatic heterocycles. The van der Waals surface area contributed by atoms with Crippen molar-refractivity contribution < 1.29 is 24.1 Å². The van der Waals surface area contributed by atoms with Crippen LogP contribution in [0.5, 0.6) is 17.2 Å². The Labute approximate surface area is 164 Å². The number of aromatic hydroxyl groups is 1. The van der Waals surface area contributed by atoms with Crippen LogP contribution in [0.2, 0.25) is 0 Å². The van der Waals surface area contributed by atoms with Crippen LogP contribution in [0, 0.1) is 12.8 Å². The molecule has 0 aliphatic rings. The van der Waals surface area contributed by atoms with E-state index >= 15 is 0 Å². The lowest BCUT2D eigenvalue weighted by molar-refractivity contribution is -0.140. The summed E-state index contributed by atoms with van der Waals surface area (Å²) in [6.45, 7) is 6.21. The van der Waals surface area contributed by atoms with E-state index in [1.807, 2.05) is 13.8 Å². The lowest BCUT2D eigenvalue weighted by Gasteiger charge is -2.20. The molecule has 0 unspecified atom stereocenters. The number of hydrogen-bond acceptors (Lipinski definition) is 6. The summed E-state index contributed by atoms with van der Waals surface area (Å²) in [5, 5.41) is 10.4. The van der Waals surface area contributed by atoms with E-state index in [4.69, 9.17) is 14.2 Å². The highest BCUT2D eigenvalue weighted by molar-refractivity contribution is 5.71. The van der Waals surface area contributed by atoms with Gasteiger partial charge in [0.05, 0.1) is 32.8 Å². The Hall–Kier alpha value is -2.96. The molecule has 1 aromatic carbocycles. The van der Waals surface area contributed by atoms with Crippen molar-refractivity contribution in [2.75, 3.05) is 20.8 Å². The van der Waals surface area contributed by atoms with Gasteiger partial charge in [-0.3, -0.25) is 9.59 Å². The van der Waals surface area contributed by atoms with E-state index < -0.39 is 17.4 Å². The van der Waals surface area contributed by atoms with E-state index in [0.717, 1.165) is 0 Å². The first-order valence-electron chi connectivity index (χ1n) is 9.07. The van der Waals surface area contributed by atoms with Crippen LogP contribution in [0.15, 0.2) is 29.1 Å². The Morgan fingerprint density at radius 1 is 1.18 bits per heavy atom. The molecular weight excluding hydrogens is 362 g/mol. The van der Waals surface area contributed by atoms with Gasteiger partial charge in [0.15, 0.2) is 11.5 Å². The molecule has 7 heteroatoms. The minimum atomic E-state index is -0.705. The summed E-state index contributed by atoms with van der Waals surface area (Å²) in [6, 6.07) is 6.65. The molecule has 0 bridgehead atoms. The Kier molecular flexibility index (Phi) is 7.09. The zero-order valence-electron chi connectivity index (χ0n) is 16.9. The van der Waals surface area contributed by atoms with Crippen LogP contribution < -0.4 is 15.0 Å². The molecule has 0 amide bonds. The second kappa shape index (κ2) is 9.30. The average Bonchev–Trinajstić information content (AvgIpc) is 2.64. The largest absolute Gasteiger partial charge is 0.507 e. The molecule has 28 heavy (non-hydrogen) atoms. The molecule has 0 spiro atoms. The molecule has 0 radical (unpaired) electrons. The molecule has 0 saturated heterocycles. The number of carbonyl (C=O) groups excluding carboxylic acids is 1. The van der Waals surface area contributed by atoms with Crippen molar-refractivity contribution in [3.05, 3.63) is 51.4 Å². The number of hydrogen-bond donors (Lipinski definition) is 2. The number of esters is 1. The van der Waals surface area contributed by atoms with Crippen LogP contribution in [-0.2, 0) is 9.53 Å². The van der Waals surface area contributed by atoms with Gasteiger partial charge >= 0.3 is 5.97 Å². The number of nitrogens with one attached hydrogen (secondary N) is 1. The molecule has 0 aliphatic carbocycles. The first-order valence-corrected chi connectivity index (χ1v) is 9.07. The molecule has 0 saturated carbocycles. The van der Waals surface area contributed by atoms with Crippen LogP contribution in [-0.4, -0.2) is 36.9 Å². The number of aromatic amines is 1. The van der Waals surface area contributed by atoms with Crippen LogP contribution in [0.4, 0.5) is 0 Å². The van der Waals surface area contributed by atoms with Gasteiger partial charge < -0.3 is 24.3 Å². The molecule has 2 rings (SSSR count). The van der Waals surface area contributed by atoms with Crippen molar-refractivity contribution in [3.63, 3.8) is 0 Å². The number of pyridine rings is 1. The van der Waals surface area contributed by atoms with Crippen LogP contribution in [0.3, 0.4) is 0 Å². The Morgan fingerprint density at radius 3 is 2.46 bits per heavy atom. The average molecular weight is 389 g/mol. The smallest absolute Gasteiger partial charge is 0.306 e. The second-order valence-corrected chi connectivity index (χ2v) is 7.03. The topological polar surface area (TPSA) is 97.8 Å². The summed E-state index contributed by atoms with van der Waals surface area (Å²) in [7, 11) is 2.82. The van der Waals surface area contributed by atoms with Gasteiger partial charge in [-0.2, -0.15) is 0 Å². The van der Waals surface area contributed by atoms with E-state index in [9.17, 15) is 14.7 Å². The van der Waals surface area contributed by atoms with Gasteiger partial charge in [0.25, 0.3) is 5.56 Å². The molecule has 2 aromatic rings. The van der Waals surface area contributed by atoms with Crippen molar-refractivity contribution >= 4 is 5.97 Å². The predicted molar refractivity (Wildman–Crippen MR) is 105 cm³/mol. The maximum Gasteiger partial charge on any atom is 0.306 e. The van der Waals surface area contributed by atoms with E-state index in [2.05, 4.69) is 4.98 Å². The summed E-state index contributed by atoms with van der Waals surface area (Å²) < 4.78 is 16.0. The van der Waals surface area contributed by atoms with E-state index in [1.54, 1.807) is 32.2 Å². The Bertz CT molecular complexity index is 887. The third kappa shape index (κ3) is 5.06. The van der Waals surface area contributed by atoms with Crippen LogP contribution in [0.25, 0.3) is 0 Å². The molecule has 1 atom stereocenters. The summed E-state index contributed by atoms with van der Waals surface area (Å²) in [5.41, 5.74) is 0.816. The number of methoxy groups -OCH3 is 2. The maximum absolute atomic E-state index is 12.5. The van der Waals surface area contributed by atoms with Crippen LogP contribution >= 0.6 is 0 Å². The van der Waals surface area contributed by atoms with Gasteiger partial charge in [0, 0.05) is 11.6 Å². The van der Waals surface area contributed by atoms with Crippen molar-refractivity contribution in [2.45, 2.75) is 33.1 Å². The van der Waals surface area contributed by atoms with Gasteiger partial charge in [-0.1, -0.05) is 19.9 Å². The first-order chi connectivity index (χ1) is 13.3. The summed E-state index contributed by atoms with van der Waals surface area (Å²) >= 11 is 0. The maximum atomic E-state index is 12.5. The summed E-state index contributed by atoms with van der Waals surface area (Å²) in [4.78, 5) is 27.2. The van der Waals surface area contributed by atoms with Gasteiger partial charge in [-0.05, 0) is 36.6 Å². The van der Waals surface area contributed by atoms with E-state index in [0.29, 0.717) is 35.3 Å². The van der Waals surface area contributed by atoms with Gasteiger partial charge in [0.2, 0.25) is 0 Å². The van der Waals surface area contributed by atoms with Crippen LogP contribution in [0.1, 0.15) is 43.0 Å². The first kappa shape index (κ1) is 21.3. The zero-order valence-corrected chi connectivity index (χ0v) is 16.9. The molecule has 7 nitrogen and oxygen atoms in total. The fraction of sp³-hybridized carbons (Fsp3) is 0.429. The van der Waals surface area contributed by atoms with E-state index in [-0.39, 0.29) is 17.7 Å². The van der Waals surface area contributed by atoms with Crippen molar-refractivity contribution in [1.29, 1.82) is 0 Å². The Balaban J connectivity index is 2.57. The number of aromatic nitrogens is 1. The number of carbonyl (C=O) groups is 1. The number of H-pyrrole nitrogens is 1. The lowest BCUT2D eigenvalue weighted by atomic mass is 9.88.